The number of alkyl halides is 3. The van der Waals surface area contributed by atoms with Crippen LogP contribution in [0.15, 0.2) is 34.7 Å². The lowest BCUT2D eigenvalue weighted by Gasteiger charge is -2.34. The highest BCUT2D eigenvalue weighted by Gasteiger charge is 2.41. The Hall–Kier alpha value is -2.97. The zero-order valence-corrected chi connectivity index (χ0v) is 15.5. The molecule has 1 saturated heterocycles. The number of urea groups is 1. The fourth-order valence-electron chi connectivity index (χ4n) is 3.01. The van der Waals surface area contributed by atoms with E-state index in [0.717, 1.165) is 11.6 Å². The minimum absolute atomic E-state index is 0.0202. The van der Waals surface area contributed by atoms with Gasteiger partial charge in [-0.1, -0.05) is 17.7 Å². The van der Waals surface area contributed by atoms with Crippen LogP contribution >= 0.6 is 0 Å². The summed E-state index contributed by atoms with van der Waals surface area (Å²) in [6, 6.07) is 8.10. The first kappa shape index (κ1) is 19.8. The smallest absolute Gasteiger partial charge is 0.450 e. The monoisotopic (exact) mass is 395 g/mol. The van der Waals surface area contributed by atoms with E-state index in [4.69, 9.17) is 0 Å². The first-order valence-electron chi connectivity index (χ1n) is 8.74. The summed E-state index contributed by atoms with van der Waals surface area (Å²) in [4.78, 5) is 27.7. The number of anilines is 1. The molecular formula is C19H20F3N3O3. The Labute approximate surface area is 159 Å². The van der Waals surface area contributed by atoms with Gasteiger partial charge in [0.1, 0.15) is 5.76 Å². The zero-order valence-electron chi connectivity index (χ0n) is 15.5. The standard InChI is InChI=1S/C19H20F3N3O3/c1-12-3-5-14(6-4-12)23-18(27)25-9-7-24(8-10-25)17(26)15-11-13(2)28-16(15)19(20,21)22/h3-6,11H,7-10H2,1-2H3,(H,23,27). The van der Waals surface area contributed by atoms with Gasteiger partial charge in [0.25, 0.3) is 5.91 Å². The molecule has 6 nitrogen and oxygen atoms in total. The number of piperazine rings is 1. The van der Waals surface area contributed by atoms with Crippen molar-refractivity contribution in [3.8, 4) is 0 Å². The van der Waals surface area contributed by atoms with Crippen LogP contribution in [0.4, 0.5) is 23.7 Å². The van der Waals surface area contributed by atoms with Crippen LogP contribution in [0, 0.1) is 13.8 Å². The van der Waals surface area contributed by atoms with Crippen LogP contribution < -0.4 is 5.32 Å². The van der Waals surface area contributed by atoms with Crippen LogP contribution in [-0.2, 0) is 6.18 Å². The summed E-state index contributed by atoms with van der Waals surface area (Å²) in [7, 11) is 0. The van der Waals surface area contributed by atoms with Crippen molar-refractivity contribution in [2.75, 3.05) is 31.5 Å². The predicted octanol–water partition coefficient (Wildman–Crippen LogP) is 3.91. The van der Waals surface area contributed by atoms with Crippen LogP contribution in [0.5, 0.6) is 0 Å². The Morgan fingerprint density at radius 1 is 1.00 bits per heavy atom. The molecule has 1 N–H and O–H groups in total. The molecule has 150 valence electrons. The third-order valence-corrected chi connectivity index (χ3v) is 4.50. The molecule has 9 heteroatoms. The normalized spacial score (nSPS) is 14.9. The van der Waals surface area contributed by atoms with E-state index in [2.05, 4.69) is 9.73 Å². The number of nitrogens with zero attached hydrogens (tertiary/aromatic N) is 2. The first-order valence-corrected chi connectivity index (χ1v) is 8.74. The number of hydrogen-bond acceptors (Lipinski definition) is 3. The lowest BCUT2D eigenvalue weighted by molar-refractivity contribution is -0.153. The Kier molecular flexibility index (Phi) is 5.35. The van der Waals surface area contributed by atoms with Crippen LogP contribution in [0.2, 0.25) is 0 Å². The molecule has 0 aliphatic carbocycles. The molecule has 1 aliphatic heterocycles. The molecule has 2 heterocycles. The largest absolute Gasteiger partial charge is 0.456 e. The molecule has 0 radical (unpaired) electrons. The van der Waals surface area contributed by atoms with Crippen molar-refractivity contribution in [2.45, 2.75) is 20.0 Å². The van der Waals surface area contributed by atoms with E-state index in [1.807, 2.05) is 19.1 Å². The number of nitrogens with one attached hydrogen (secondary N) is 1. The molecule has 0 spiro atoms. The SMILES string of the molecule is Cc1ccc(NC(=O)N2CCN(C(=O)c3cc(C)oc3C(F)(F)F)CC2)cc1. The summed E-state index contributed by atoms with van der Waals surface area (Å²) in [5, 5.41) is 2.77. The molecule has 0 atom stereocenters. The molecule has 1 aliphatic rings. The van der Waals surface area contributed by atoms with Gasteiger partial charge in [-0.2, -0.15) is 13.2 Å². The number of aryl methyl sites for hydroxylation is 2. The molecule has 1 aromatic heterocycles. The quantitative estimate of drug-likeness (QED) is 0.839. The fraction of sp³-hybridized carbons (Fsp3) is 0.368. The van der Waals surface area contributed by atoms with Crippen molar-refractivity contribution in [1.29, 1.82) is 0 Å². The van der Waals surface area contributed by atoms with E-state index in [1.54, 1.807) is 12.1 Å². The first-order chi connectivity index (χ1) is 13.1. The number of hydrogen-bond donors (Lipinski definition) is 1. The molecule has 0 bridgehead atoms. The van der Waals surface area contributed by atoms with Gasteiger partial charge in [-0.05, 0) is 32.0 Å². The number of furan rings is 1. The Bertz CT molecular complexity index is 867. The molecule has 2 aromatic rings. The van der Waals surface area contributed by atoms with Gasteiger partial charge in [-0.15, -0.1) is 0 Å². The van der Waals surface area contributed by atoms with Gasteiger partial charge in [-0.25, -0.2) is 4.79 Å². The van der Waals surface area contributed by atoms with Crippen LogP contribution in [0.25, 0.3) is 0 Å². The maximum Gasteiger partial charge on any atom is 0.450 e. The molecule has 0 unspecified atom stereocenters. The topological polar surface area (TPSA) is 65.8 Å². The second-order valence-electron chi connectivity index (χ2n) is 6.67. The van der Waals surface area contributed by atoms with Gasteiger partial charge in [0.05, 0.1) is 5.56 Å². The highest BCUT2D eigenvalue weighted by molar-refractivity contribution is 5.96. The number of carbonyl (C=O) groups is 2. The second-order valence-corrected chi connectivity index (χ2v) is 6.67. The highest BCUT2D eigenvalue weighted by Crippen LogP contribution is 2.34. The van der Waals surface area contributed by atoms with Gasteiger partial charge < -0.3 is 19.5 Å². The van der Waals surface area contributed by atoms with Gasteiger partial charge in [0, 0.05) is 31.9 Å². The number of amides is 3. The third kappa shape index (κ3) is 4.29. The lowest BCUT2D eigenvalue weighted by atomic mass is 10.2. The summed E-state index contributed by atoms with van der Waals surface area (Å²) in [6.45, 7) is 4.03. The second kappa shape index (κ2) is 7.57. The number of rotatable bonds is 2. The van der Waals surface area contributed by atoms with Crippen molar-refractivity contribution >= 4 is 17.6 Å². The third-order valence-electron chi connectivity index (χ3n) is 4.50. The summed E-state index contributed by atoms with van der Waals surface area (Å²) >= 11 is 0. The predicted molar refractivity (Wildman–Crippen MR) is 96.1 cm³/mol. The molecule has 28 heavy (non-hydrogen) atoms. The zero-order chi connectivity index (χ0) is 20.5. The lowest BCUT2D eigenvalue weighted by Crippen LogP contribution is -2.51. The molecule has 1 fully saturated rings. The van der Waals surface area contributed by atoms with E-state index >= 15 is 0 Å². The summed E-state index contributed by atoms with van der Waals surface area (Å²) in [5.74, 6) is -2.01. The van der Waals surface area contributed by atoms with Gasteiger partial charge in [-0.3, -0.25) is 4.79 Å². The number of carbonyl (C=O) groups excluding carboxylic acids is 2. The van der Waals surface area contributed by atoms with E-state index in [9.17, 15) is 22.8 Å². The minimum Gasteiger partial charge on any atom is -0.456 e. The minimum atomic E-state index is -4.74. The Balaban J connectivity index is 1.61. The Morgan fingerprint density at radius 3 is 2.14 bits per heavy atom. The average molecular weight is 395 g/mol. The molecule has 3 amide bonds. The molecule has 1 aromatic carbocycles. The number of benzene rings is 1. The van der Waals surface area contributed by atoms with Gasteiger partial charge in [0.2, 0.25) is 5.76 Å². The van der Waals surface area contributed by atoms with Crippen LogP contribution in [0.3, 0.4) is 0 Å². The van der Waals surface area contributed by atoms with E-state index in [0.29, 0.717) is 5.69 Å². The van der Waals surface area contributed by atoms with Gasteiger partial charge >= 0.3 is 12.2 Å². The van der Waals surface area contributed by atoms with E-state index in [1.165, 1.54) is 16.7 Å². The van der Waals surface area contributed by atoms with Crippen molar-refractivity contribution in [2.24, 2.45) is 0 Å². The molecule has 0 saturated carbocycles. The Morgan fingerprint density at radius 2 is 1.57 bits per heavy atom. The van der Waals surface area contributed by atoms with Crippen LogP contribution in [0.1, 0.15) is 27.4 Å². The van der Waals surface area contributed by atoms with Crippen molar-refractivity contribution in [1.82, 2.24) is 9.80 Å². The summed E-state index contributed by atoms with van der Waals surface area (Å²) in [6.07, 6.45) is -4.74. The molecular weight excluding hydrogens is 375 g/mol. The maximum absolute atomic E-state index is 13.1. The van der Waals surface area contributed by atoms with Gasteiger partial charge in [0.15, 0.2) is 0 Å². The van der Waals surface area contributed by atoms with Crippen LogP contribution in [-0.4, -0.2) is 47.9 Å². The maximum atomic E-state index is 13.1. The van der Waals surface area contributed by atoms with Crippen molar-refractivity contribution in [3.05, 3.63) is 53.0 Å². The summed E-state index contributed by atoms with van der Waals surface area (Å²) < 4.78 is 43.9. The van der Waals surface area contributed by atoms with E-state index in [-0.39, 0.29) is 38.0 Å². The van der Waals surface area contributed by atoms with Crippen molar-refractivity contribution in [3.63, 3.8) is 0 Å². The van der Waals surface area contributed by atoms with Crippen molar-refractivity contribution < 1.29 is 27.2 Å². The van der Waals surface area contributed by atoms with E-state index < -0.39 is 23.4 Å². The average Bonchev–Trinajstić information content (AvgIpc) is 3.05. The summed E-state index contributed by atoms with van der Waals surface area (Å²) in [5.41, 5.74) is 1.22. The number of halogens is 3. The fourth-order valence-corrected chi connectivity index (χ4v) is 3.01. The highest BCUT2D eigenvalue weighted by atomic mass is 19.4. The molecule has 3 rings (SSSR count).